The van der Waals surface area contributed by atoms with Crippen molar-refractivity contribution >= 4 is 146 Å². The van der Waals surface area contributed by atoms with Crippen LogP contribution in [-0.2, 0) is 37.7 Å². The molecule has 2 saturated heterocycles. The molecular weight excluding hydrogens is 1460 g/mol. The Morgan fingerprint density at radius 1 is 0.536 bits per heavy atom. The van der Waals surface area contributed by atoms with Crippen LogP contribution in [0.4, 0.5) is 40.5 Å². The summed E-state index contributed by atoms with van der Waals surface area (Å²) in [5, 5.41) is 18.0. The Morgan fingerprint density at radius 2 is 0.893 bits per heavy atom. The van der Waals surface area contributed by atoms with Crippen molar-refractivity contribution < 1.29 is 55.5 Å². The van der Waals surface area contributed by atoms with Gasteiger partial charge in [-0.25, -0.2) is 14.4 Å². The van der Waals surface area contributed by atoms with Crippen LogP contribution in [0.3, 0.4) is 0 Å². The molecule has 0 unspecified atom stereocenters. The standard InChI is InChI=1S/C33H40N4O6.C28H32N4O4.FH.3HI.V/c1-20(2)28(36-31(40)42-6)30(39)37-17-7-8-27(37)29(38)34-25-14-11-21(12-15-25)22-9-10-24-19-26(16-13-23(24)18-22)35-32(41)43-33(3,4)5;1-17(2)25(31-28(35)36-3)27(34)32-14-4-5-24(32)26(33)30-23-12-9-18(10-13-23)19-6-7-21-16-22(29)11-8-20(21)15-19;;;;;/h9-16,18-20,27-28H,7-8,17H2,1-6H3,(H,34,38)(H,35,41)(H,36,40);6-13,15-17,24-25H,4-5,14,29H2,1-3H3,(H,30,33)(H,31,35);4*1H;/q;;;;;;+4/p-4/t27-,28-;24-,25-;;;;;/m00...../s1. The zero-order valence-electron chi connectivity index (χ0n) is 48.3. The Labute approximate surface area is 525 Å². The van der Waals surface area contributed by atoms with E-state index < -0.39 is 52.3 Å². The molecule has 2 aliphatic heterocycles. The fraction of sp³-hybridized carbons (Fsp3) is 0.361. The van der Waals surface area contributed by atoms with Crippen molar-refractivity contribution in [3.8, 4) is 22.3 Å². The first-order valence-electron chi connectivity index (χ1n) is 27.2. The summed E-state index contributed by atoms with van der Waals surface area (Å²) in [5.74, 6) is -1.40. The Bertz CT molecular complexity index is 3320. The van der Waals surface area contributed by atoms with E-state index in [9.17, 15) is 37.0 Å². The summed E-state index contributed by atoms with van der Waals surface area (Å²) in [6.45, 7) is 13.7. The SMILES string of the molecule is COC(=O)N[C@H](C(=O)N1CCC[C@H]1C(=O)Nc1ccc(-c2ccc3cc(N)ccc3c2)cc1)C(C)C.COC(=O)N[C@H](C(=O)N1CCC[C@H]1C(=O)Nc1ccc(-c2ccc3cc(NC(=O)OC(C)(C)C)ccc3c2)cc1)C(C)C.[F][V]([I])([I])[I]. The second-order valence-corrected chi connectivity index (χ2v) is 62.3. The number of amides is 7. The quantitative estimate of drug-likeness (QED) is 0.0361. The van der Waals surface area contributed by atoms with Crippen LogP contribution in [-0.4, -0.2) is 109 Å². The fourth-order valence-corrected chi connectivity index (χ4v) is 9.67. The predicted octanol–water partition coefficient (Wildman–Crippen LogP) is 13.6. The molecule has 18 nitrogen and oxygen atoms in total. The van der Waals surface area contributed by atoms with Crippen LogP contribution in [0.15, 0.2) is 121 Å². The number of fused-ring (bicyclic) bond motifs is 2. The summed E-state index contributed by atoms with van der Waals surface area (Å²) in [4.78, 5) is 91.5. The molecule has 6 aromatic rings. The molecule has 0 spiro atoms. The van der Waals surface area contributed by atoms with Crippen LogP contribution in [0, 0.1) is 11.8 Å². The molecule has 0 bridgehead atoms. The number of nitrogens with one attached hydrogen (secondary N) is 5. The van der Waals surface area contributed by atoms with Crippen molar-refractivity contribution in [2.75, 3.05) is 49.0 Å². The zero-order chi connectivity index (χ0) is 61.6. The van der Waals surface area contributed by atoms with Crippen molar-refractivity contribution in [2.45, 2.75) is 104 Å². The summed E-state index contributed by atoms with van der Waals surface area (Å²) in [5.41, 5.74) is 12.0. The van der Waals surface area contributed by atoms with Gasteiger partial charge in [0.2, 0.25) is 23.6 Å². The number of alkyl carbamates (subject to hydrolysis) is 2. The molecule has 0 aromatic heterocycles. The number of carbonyl (C=O) groups excluding carboxylic acids is 7. The van der Waals surface area contributed by atoms with Crippen LogP contribution >= 0.6 is 59.9 Å². The van der Waals surface area contributed by atoms with Gasteiger partial charge < -0.3 is 51.0 Å². The number of halogens is 4. The maximum absolute atomic E-state index is 13.3. The molecule has 2 heterocycles. The van der Waals surface area contributed by atoms with E-state index in [0.717, 1.165) is 55.9 Å². The van der Waals surface area contributed by atoms with E-state index in [-0.39, 0.29) is 35.5 Å². The summed E-state index contributed by atoms with van der Waals surface area (Å²) in [6.07, 6.45) is 0.686. The molecule has 449 valence electrons. The third kappa shape index (κ3) is 19.8. The zero-order valence-corrected chi connectivity index (χ0v) is 56.1. The first-order valence-corrected chi connectivity index (χ1v) is 41.3. The number of methoxy groups -OCH3 is 2. The van der Waals surface area contributed by atoms with Crippen molar-refractivity contribution in [2.24, 2.45) is 11.8 Å². The number of benzene rings is 6. The molecule has 23 heteroatoms. The molecule has 0 saturated carbocycles. The summed E-state index contributed by atoms with van der Waals surface area (Å²) < 4.78 is 24.0. The molecule has 7 amide bonds. The Kier molecular flexibility index (Phi) is 24.3. The molecule has 8 rings (SSSR count). The Balaban J connectivity index is 0.000000252. The monoisotopic (exact) mass is 1530 g/mol. The van der Waals surface area contributed by atoms with Gasteiger partial charge in [-0.3, -0.25) is 24.5 Å². The first-order chi connectivity index (χ1) is 39.6. The van der Waals surface area contributed by atoms with Gasteiger partial charge in [0.05, 0.1) is 14.2 Å². The average Bonchev–Trinajstić information content (AvgIpc) is 3.47. The van der Waals surface area contributed by atoms with Crippen LogP contribution in [0.25, 0.3) is 43.8 Å². The first kappa shape index (κ1) is 67.2. The van der Waals surface area contributed by atoms with E-state index in [1.54, 1.807) is 9.80 Å². The van der Waals surface area contributed by atoms with E-state index in [0.29, 0.717) is 49.4 Å². The molecule has 4 atom stereocenters. The van der Waals surface area contributed by atoms with Gasteiger partial charge in [-0.2, -0.15) is 0 Å². The van der Waals surface area contributed by atoms with E-state index >= 15 is 0 Å². The number of likely N-dealkylation sites (tertiary alicyclic amines) is 2. The minimum absolute atomic E-state index is 0.152. The molecule has 6 aromatic carbocycles. The van der Waals surface area contributed by atoms with Crippen molar-refractivity contribution in [3.63, 3.8) is 0 Å². The second kappa shape index (κ2) is 30.4. The number of hydrogen-bond donors (Lipinski definition) is 6. The number of anilines is 4. The number of carbonyl (C=O) groups is 7. The number of nitrogens with two attached hydrogens (primary N) is 1. The number of nitrogen functional groups attached to an aromatic ring is 1. The van der Waals surface area contributed by atoms with Gasteiger partial charge in [0.25, 0.3) is 0 Å². The molecule has 7 N–H and O–H groups in total. The second-order valence-electron chi connectivity index (χ2n) is 21.8. The van der Waals surface area contributed by atoms with Crippen molar-refractivity contribution in [1.29, 1.82) is 0 Å². The van der Waals surface area contributed by atoms with E-state index in [2.05, 4.69) is 48.2 Å². The van der Waals surface area contributed by atoms with Gasteiger partial charge in [-0.1, -0.05) is 88.4 Å². The Morgan fingerprint density at radius 3 is 1.29 bits per heavy atom. The van der Waals surface area contributed by atoms with Gasteiger partial charge in [-0.05, 0) is 163 Å². The van der Waals surface area contributed by atoms with Gasteiger partial charge in [-0.15, -0.1) is 0 Å². The molecular formula is C61H72FI3N8O10V. The maximum atomic E-state index is 13.3. The van der Waals surface area contributed by atoms with E-state index in [1.165, 1.54) is 14.2 Å². The van der Waals surface area contributed by atoms with Crippen LogP contribution in [0.5, 0.6) is 0 Å². The number of ether oxygens (including phenoxy) is 3. The average molecular weight is 1530 g/mol. The van der Waals surface area contributed by atoms with E-state index in [1.807, 2.05) is 218 Å². The van der Waals surface area contributed by atoms with E-state index in [4.69, 9.17) is 10.5 Å². The summed E-state index contributed by atoms with van der Waals surface area (Å²) in [7, 11) is 2.50. The van der Waals surface area contributed by atoms with Gasteiger partial charge >= 0.3 is 85.9 Å². The van der Waals surface area contributed by atoms with Crippen LogP contribution in [0.2, 0.25) is 0 Å². The summed E-state index contributed by atoms with van der Waals surface area (Å²) >= 11 is 5.57. The van der Waals surface area contributed by atoms with Gasteiger partial charge in [0.15, 0.2) is 0 Å². The number of nitrogens with zero attached hydrogens (tertiary/aromatic N) is 2. The van der Waals surface area contributed by atoms with Gasteiger partial charge in [0.1, 0.15) is 29.8 Å². The summed E-state index contributed by atoms with van der Waals surface area (Å²) in [6, 6.07) is 36.2. The molecule has 84 heavy (non-hydrogen) atoms. The number of hydrogen-bond acceptors (Lipinski definition) is 11. The number of rotatable bonds is 13. The molecule has 2 aliphatic rings. The molecule has 0 radical (unpaired) electrons. The minimum atomic E-state index is -2.47. The van der Waals surface area contributed by atoms with Crippen molar-refractivity contribution in [1.82, 2.24) is 20.4 Å². The third-order valence-corrected chi connectivity index (χ3v) is 13.8. The predicted molar refractivity (Wildman–Crippen MR) is 351 cm³/mol. The van der Waals surface area contributed by atoms with Gasteiger partial charge in [0, 0.05) is 35.8 Å². The van der Waals surface area contributed by atoms with Crippen molar-refractivity contribution in [3.05, 3.63) is 121 Å². The van der Waals surface area contributed by atoms with Crippen LogP contribution < -0.4 is 32.3 Å². The molecule has 2 fully saturated rings. The topological polar surface area (TPSA) is 240 Å². The van der Waals surface area contributed by atoms with Crippen LogP contribution in [0.1, 0.15) is 74.1 Å². The fourth-order valence-electron chi connectivity index (χ4n) is 9.67. The molecule has 0 aliphatic carbocycles. The Hall–Kier alpha value is -5.97. The third-order valence-electron chi connectivity index (χ3n) is 13.8. The normalized spacial score (nSPS) is 15.6.